The summed E-state index contributed by atoms with van der Waals surface area (Å²) in [5.74, 6) is 0. The lowest BCUT2D eigenvalue weighted by molar-refractivity contribution is -0.0421. The van der Waals surface area contributed by atoms with E-state index in [9.17, 15) is 15.2 Å². The lowest BCUT2D eigenvalue weighted by Gasteiger charge is -2.32. The van der Waals surface area contributed by atoms with Crippen LogP contribution in [-0.4, -0.2) is 39.5 Å². The second kappa shape index (κ2) is 8.52. The zero-order valence-electron chi connectivity index (χ0n) is 15.5. The van der Waals surface area contributed by atoms with Crippen molar-refractivity contribution in [1.82, 2.24) is 9.88 Å². The summed E-state index contributed by atoms with van der Waals surface area (Å²) < 4.78 is 6.48. The summed E-state index contributed by atoms with van der Waals surface area (Å²) in [4.78, 5) is 18.3. The quantitative estimate of drug-likeness (QED) is 0.626. The van der Waals surface area contributed by atoms with Crippen molar-refractivity contribution >= 4 is 33.8 Å². The number of hydrogen-bond acceptors (Lipinski definition) is 5. The van der Waals surface area contributed by atoms with Crippen LogP contribution >= 0.6 is 27.7 Å². The molecule has 0 bridgehead atoms. The van der Waals surface area contributed by atoms with Crippen molar-refractivity contribution in [3.05, 3.63) is 58.3 Å². The minimum absolute atomic E-state index is 0.0838. The molecule has 1 fully saturated rings. The van der Waals surface area contributed by atoms with Crippen LogP contribution in [0.25, 0.3) is 0 Å². The maximum Gasteiger partial charge on any atom is 0.409 e. The van der Waals surface area contributed by atoms with E-state index in [1.807, 2.05) is 30.3 Å². The highest BCUT2D eigenvalue weighted by molar-refractivity contribution is 9.10. The molecule has 1 aliphatic rings. The fraction of sp³-hybridized carbons (Fsp3) is 0.350. The van der Waals surface area contributed by atoms with Gasteiger partial charge in [0.15, 0.2) is 0 Å². The molecule has 1 aromatic carbocycles. The summed E-state index contributed by atoms with van der Waals surface area (Å²) in [7, 11) is 0. The Bertz CT molecular complexity index is 901. The molecule has 1 N–H and O–H groups in total. The molecule has 0 saturated carbocycles. The van der Waals surface area contributed by atoms with Crippen LogP contribution in [0, 0.1) is 11.3 Å². The number of amides is 1. The molecular formula is C20H20BrN3O3S. The highest BCUT2D eigenvalue weighted by Crippen LogP contribution is 2.43. The molecule has 2 atom stereocenters. The Kier molecular flexibility index (Phi) is 6.28. The molecule has 1 amide bonds. The zero-order valence-corrected chi connectivity index (χ0v) is 17.9. The molecule has 0 aliphatic carbocycles. The Morgan fingerprint density at radius 3 is 2.93 bits per heavy atom. The third kappa shape index (κ3) is 4.32. The number of aromatic nitrogens is 1. The first-order valence-corrected chi connectivity index (χ1v) is 10.4. The summed E-state index contributed by atoms with van der Waals surface area (Å²) in [5.41, 5.74) is 0.680. The number of nitrogens with zero attached hydrogens (tertiary/aromatic N) is 3. The van der Waals surface area contributed by atoms with Crippen molar-refractivity contribution in [2.45, 2.75) is 42.2 Å². The van der Waals surface area contributed by atoms with Crippen molar-refractivity contribution in [3.8, 4) is 6.07 Å². The van der Waals surface area contributed by atoms with E-state index in [1.165, 1.54) is 4.90 Å². The highest BCUT2D eigenvalue weighted by Gasteiger charge is 2.44. The van der Waals surface area contributed by atoms with Gasteiger partial charge in [0.05, 0.1) is 18.2 Å². The Morgan fingerprint density at radius 2 is 2.29 bits per heavy atom. The first-order valence-electron chi connectivity index (χ1n) is 8.75. The molecule has 28 heavy (non-hydrogen) atoms. The molecule has 8 heteroatoms. The molecule has 6 nitrogen and oxygen atoms in total. The maximum absolute atomic E-state index is 11.8. The van der Waals surface area contributed by atoms with Gasteiger partial charge in [0.2, 0.25) is 0 Å². The number of rotatable bonds is 5. The predicted octanol–water partition coefficient (Wildman–Crippen LogP) is 5.05. The summed E-state index contributed by atoms with van der Waals surface area (Å²) in [6.45, 7) is 3.85. The van der Waals surface area contributed by atoms with Crippen LogP contribution in [0.5, 0.6) is 0 Å². The van der Waals surface area contributed by atoms with Crippen molar-refractivity contribution in [1.29, 1.82) is 5.26 Å². The monoisotopic (exact) mass is 461 g/mol. The van der Waals surface area contributed by atoms with Gasteiger partial charge in [-0.05, 0) is 60.0 Å². The number of carboxylic acid groups (broad SMARTS) is 1. The van der Waals surface area contributed by atoms with E-state index in [0.29, 0.717) is 18.6 Å². The Labute approximate surface area is 176 Å². The van der Waals surface area contributed by atoms with Crippen LogP contribution in [0.4, 0.5) is 4.79 Å². The number of hydrogen-bond donors (Lipinski definition) is 1. The molecule has 0 unspecified atom stereocenters. The van der Waals surface area contributed by atoms with Gasteiger partial charge in [-0.25, -0.2) is 4.79 Å². The SMILES string of the molecule is CC1(C)OC[C@H](C[C@@H](Sc2cccc(Br)c2C#N)c2cccnc2)N1C(=O)O. The van der Waals surface area contributed by atoms with Crippen LogP contribution < -0.4 is 0 Å². The van der Waals surface area contributed by atoms with Gasteiger partial charge < -0.3 is 9.84 Å². The fourth-order valence-corrected chi connectivity index (χ4v) is 5.29. The standard InChI is InChI=1S/C20H20BrN3O3S/c1-20(2)24(19(25)26)14(12-27-20)9-18(13-5-4-8-23-11-13)28-17-7-3-6-16(21)15(17)10-22/h3-8,11,14,18H,9,12H2,1-2H3,(H,25,26)/t14-,18+/m0/s1. The number of pyridine rings is 1. The summed E-state index contributed by atoms with van der Waals surface area (Å²) in [6, 6.07) is 11.4. The van der Waals surface area contributed by atoms with Crippen LogP contribution in [0.2, 0.25) is 0 Å². The smallest absolute Gasteiger partial charge is 0.409 e. The number of carbonyl (C=O) groups is 1. The third-order valence-electron chi connectivity index (χ3n) is 4.68. The van der Waals surface area contributed by atoms with Crippen molar-refractivity contribution in [2.24, 2.45) is 0 Å². The summed E-state index contributed by atoms with van der Waals surface area (Å²) in [6.07, 6.45) is 3.04. The second-order valence-corrected chi connectivity index (χ2v) is 9.02. The molecule has 3 rings (SSSR count). The minimum Gasteiger partial charge on any atom is -0.465 e. The molecule has 0 radical (unpaired) electrons. The second-order valence-electron chi connectivity index (χ2n) is 6.92. The van der Waals surface area contributed by atoms with Crippen molar-refractivity contribution in [3.63, 3.8) is 0 Å². The average Bonchev–Trinajstić information content (AvgIpc) is 2.96. The minimum atomic E-state index is -0.998. The molecule has 2 aromatic rings. The first kappa shape index (κ1) is 20.6. The van der Waals surface area contributed by atoms with Gasteiger partial charge in [-0.3, -0.25) is 9.88 Å². The normalized spacial score (nSPS) is 19.2. The van der Waals surface area contributed by atoms with E-state index < -0.39 is 11.8 Å². The van der Waals surface area contributed by atoms with E-state index in [1.54, 1.807) is 38.0 Å². The molecule has 2 heterocycles. The topological polar surface area (TPSA) is 86.5 Å². The average molecular weight is 462 g/mol. The number of ether oxygens (including phenoxy) is 1. The fourth-order valence-electron chi connectivity index (χ4n) is 3.37. The Balaban J connectivity index is 1.93. The number of thioether (sulfide) groups is 1. The summed E-state index contributed by atoms with van der Waals surface area (Å²) in [5, 5.41) is 19.1. The number of nitriles is 1. The first-order chi connectivity index (χ1) is 13.3. The van der Waals surface area contributed by atoms with Crippen molar-refractivity contribution in [2.75, 3.05) is 6.61 Å². The molecule has 0 spiro atoms. The van der Waals surface area contributed by atoms with E-state index in [-0.39, 0.29) is 11.3 Å². The molecular weight excluding hydrogens is 442 g/mol. The van der Waals surface area contributed by atoms with Crippen LogP contribution in [0.15, 0.2) is 52.1 Å². The van der Waals surface area contributed by atoms with Crippen molar-refractivity contribution < 1.29 is 14.6 Å². The summed E-state index contributed by atoms with van der Waals surface area (Å²) >= 11 is 4.97. The van der Waals surface area contributed by atoms with E-state index in [2.05, 4.69) is 27.0 Å². The van der Waals surface area contributed by atoms with Crippen LogP contribution in [0.1, 0.15) is 36.6 Å². The van der Waals surface area contributed by atoms with Gasteiger partial charge in [-0.2, -0.15) is 5.26 Å². The van der Waals surface area contributed by atoms with Crippen LogP contribution in [0.3, 0.4) is 0 Å². The lowest BCUT2D eigenvalue weighted by Crippen LogP contribution is -2.47. The van der Waals surface area contributed by atoms with Gasteiger partial charge in [0, 0.05) is 27.0 Å². The number of halogens is 1. The van der Waals surface area contributed by atoms with Gasteiger partial charge in [0.1, 0.15) is 11.8 Å². The molecule has 1 aromatic heterocycles. The van der Waals surface area contributed by atoms with E-state index >= 15 is 0 Å². The highest BCUT2D eigenvalue weighted by atomic mass is 79.9. The lowest BCUT2D eigenvalue weighted by atomic mass is 10.1. The van der Waals surface area contributed by atoms with Gasteiger partial charge >= 0.3 is 6.09 Å². The largest absolute Gasteiger partial charge is 0.465 e. The van der Waals surface area contributed by atoms with E-state index in [4.69, 9.17) is 4.74 Å². The number of benzene rings is 1. The Hall–Kier alpha value is -2.08. The van der Waals surface area contributed by atoms with Crippen LogP contribution in [-0.2, 0) is 4.74 Å². The molecule has 1 saturated heterocycles. The molecule has 146 valence electrons. The third-order valence-corrected chi connectivity index (χ3v) is 6.68. The van der Waals surface area contributed by atoms with Gasteiger partial charge in [0.25, 0.3) is 0 Å². The van der Waals surface area contributed by atoms with Gasteiger partial charge in [-0.15, -0.1) is 11.8 Å². The van der Waals surface area contributed by atoms with Gasteiger partial charge in [-0.1, -0.05) is 12.1 Å². The predicted molar refractivity (Wildman–Crippen MR) is 110 cm³/mol. The Morgan fingerprint density at radius 1 is 1.50 bits per heavy atom. The maximum atomic E-state index is 11.8. The molecule has 1 aliphatic heterocycles. The van der Waals surface area contributed by atoms with E-state index in [0.717, 1.165) is 14.9 Å². The zero-order chi connectivity index (χ0) is 20.3.